The number of aryl methyl sites for hydroxylation is 1. The Labute approximate surface area is 188 Å². The van der Waals surface area contributed by atoms with E-state index in [0.717, 1.165) is 30.0 Å². The summed E-state index contributed by atoms with van der Waals surface area (Å²) >= 11 is 1.40. The average molecular weight is 458 g/mol. The lowest BCUT2D eigenvalue weighted by Gasteiger charge is -2.28. The van der Waals surface area contributed by atoms with Crippen molar-refractivity contribution < 1.29 is 13.2 Å². The molecule has 8 heteroatoms. The van der Waals surface area contributed by atoms with Crippen molar-refractivity contribution in [1.29, 1.82) is 0 Å². The van der Waals surface area contributed by atoms with Crippen LogP contribution in [0.15, 0.2) is 53.5 Å². The van der Waals surface area contributed by atoms with Crippen LogP contribution in [0.3, 0.4) is 0 Å². The maximum atomic E-state index is 12.8. The van der Waals surface area contributed by atoms with Gasteiger partial charge in [-0.25, -0.2) is 8.42 Å². The highest BCUT2D eigenvalue weighted by atomic mass is 32.2. The van der Waals surface area contributed by atoms with Crippen LogP contribution in [0.2, 0.25) is 0 Å². The number of anilines is 2. The molecular weight excluding hydrogens is 430 g/mol. The molecular formula is C23H27N3O3S2. The number of nitrogens with zero attached hydrogens (tertiary/aromatic N) is 3. The zero-order chi connectivity index (χ0) is 22.2. The van der Waals surface area contributed by atoms with Gasteiger partial charge in [0.2, 0.25) is 0 Å². The third-order valence-corrected chi connectivity index (χ3v) is 9.06. The molecule has 0 radical (unpaired) electrons. The van der Waals surface area contributed by atoms with E-state index >= 15 is 0 Å². The van der Waals surface area contributed by atoms with Crippen LogP contribution in [0, 0.1) is 6.92 Å². The number of fused-ring (bicyclic) bond motifs is 1. The molecule has 2 aliphatic heterocycles. The van der Waals surface area contributed by atoms with Gasteiger partial charge in [-0.1, -0.05) is 30.0 Å². The molecule has 0 N–H and O–H groups in total. The smallest absolute Gasteiger partial charge is 0.279 e. The van der Waals surface area contributed by atoms with Gasteiger partial charge in [0.05, 0.1) is 17.5 Å². The van der Waals surface area contributed by atoms with Crippen LogP contribution >= 0.6 is 11.8 Å². The Morgan fingerprint density at radius 3 is 2.48 bits per heavy atom. The molecule has 164 valence electrons. The van der Waals surface area contributed by atoms with Gasteiger partial charge in [-0.2, -0.15) is 4.99 Å². The minimum Gasteiger partial charge on any atom is -0.372 e. The molecule has 2 fully saturated rings. The summed E-state index contributed by atoms with van der Waals surface area (Å²) in [6.45, 7) is 8.10. The molecule has 0 bridgehead atoms. The predicted molar refractivity (Wildman–Crippen MR) is 129 cm³/mol. The van der Waals surface area contributed by atoms with Crippen molar-refractivity contribution in [3.05, 3.63) is 59.7 Å². The Morgan fingerprint density at radius 1 is 1.13 bits per heavy atom. The lowest BCUT2D eigenvalue weighted by Crippen LogP contribution is -2.38. The molecule has 4 rings (SSSR count). The van der Waals surface area contributed by atoms with Gasteiger partial charge in [0, 0.05) is 35.3 Å². The Morgan fingerprint density at radius 2 is 1.84 bits per heavy atom. The van der Waals surface area contributed by atoms with Crippen molar-refractivity contribution >= 4 is 44.0 Å². The van der Waals surface area contributed by atoms with E-state index in [4.69, 9.17) is 0 Å². The first-order valence-corrected chi connectivity index (χ1v) is 13.2. The van der Waals surface area contributed by atoms with E-state index in [9.17, 15) is 13.2 Å². The van der Waals surface area contributed by atoms with Crippen LogP contribution in [-0.4, -0.2) is 55.4 Å². The topological polar surface area (TPSA) is 70.0 Å². The standard InChI is InChI=1S/C23H27N3O3S2/c1-4-25(5-2)18-11-12-19(16(3)13-18)26-20-14-31(28,29)15-21(20)30-23(26)24-22(27)17-9-7-6-8-10-17/h6-13,20-21H,4-5,14-15H2,1-3H3/t20-,21-/m1/s1. The fourth-order valence-electron chi connectivity index (χ4n) is 4.27. The molecule has 2 aromatic rings. The highest BCUT2D eigenvalue weighted by molar-refractivity contribution is 8.16. The number of sulfone groups is 1. The summed E-state index contributed by atoms with van der Waals surface area (Å²) in [7, 11) is -3.10. The lowest BCUT2D eigenvalue weighted by atomic mass is 10.1. The summed E-state index contributed by atoms with van der Waals surface area (Å²) in [5, 5.41) is 0.464. The molecule has 0 spiro atoms. The van der Waals surface area contributed by atoms with Gasteiger partial charge in [-0.15, -0.1) is 0 Å². The second-order valence-corrected chi connectivity index (χ2v) is 11.2. The van der Waals surface area contributed by atoms with Gasteiger partial charge >= 0.3 is 0 Å². The summed E-state index contributed by atoms with van der Waals surface area (Å²) in [6.07, 6.45) is 0. The Balaban J connectivity index is 1.74. The minimum absolute atomic E-state index is 0.0838. The van der Waals surface area contributed by atoms with E-state index in [2.05, 4.69) is 35.9 Å². The van der Waals surface area contributed by atoms with Crippen molar-refractivity contribution in [1.82, 2.24) is 0 Å². The van der Waals surface area contributed by atoms with E-state index in [1.165, 1.54) is 11.8 Å². The maximum Gasteiger partial charge on any atom is 0.279 e. The van der Waals surface area contributed by atoms with E-state index in [0.29, 0.717) is 10.7 Å². The first-order valence-electron chi connectivity index (χ1n) is 10.5. The van der Waals surface area contributed by atoms with Gasteiger partial charge < -0.3 is 9.80 Å². The molecule has 2 aliphatic rings. The largest absolute Gasteiger partial charge is 0.372 e. The van der Waals surface area contributed by atoms with Crippen molar-refractivity contribution in [3.63, 3.8) is 0 Å². The quantitative estimate of drug-likeness (QED) is 0.681. The number of amidine groups is 1. The monoisotopic (exact) mass is 457 g/mol. The van der Waals surface area contributed by atoms with Crippen LogP contribution in [0.1, 0.15) is 29.8 Å². The Hall–Kier alpha value is -2.32. The molecule has 1 amide bonds. The third-order valence-electron chi connectivity index (χ3n) is 5.85. The number of carbonyl (C=O) groups excluding carboxylic acids is 1. The molecule has 0 aliphatic carbocycles. The number of amides is 1. The highest BCUT2D eigenvalue weighted by Gasteiger charge is 2.49. The van der Waals surface area contributed by atoms with Gasteiger partial charge in [0.15, 0.2) is 15.0 Å². The third kappa shape index (κ3) is 4.36. The molecule has 6 nitrogen and oxygen atoms in total. The molecule has 2 atom stereocenters. The Bertz CT molecular complexity index is 1110. The summed E-state index contributed by atoms with van der Waals surface area (Å²) in [5.41, 5.74) is 3.60. The molecule has 0 unspecified atom stereocenters. The van der Waals surface area contributed by atoms with Gasteiger partial charge in [-0.3, -0.25) is 4.79 Å². The number of thioether (sulfide) groups is 1. The maximum absolute atomic E-state index is 12.8. The van der Waals surface area contributed by atoms with Crippen molar-refractivity contribution in [3.8, 4) is 0 Å². The number of rotatable bonds is 5. The van der Waals surface area contributed by atoms with Crippen molar-refractivity contribution in [2.45, 2.75) is 32.1 Å². The second kappa shape index (κ2) is 8.67. The Kier molecular flexibility index (Phi) is 6.12. The number of carbonyl (C=O) groups is 1. The normalized spacial score (nSPS) is 23.2. The second-order valence-electron chi connectivity index (χ2n) is 7.88. The molecule has 2 aromatic carbocycles. The summed E-state index contributed by atoms with van der Waals surface area (Å²) in [6, 6.07) is 15.0. The SMILES string of the molecule is CCN(CC)c1ccc(N2C(=NC(=O)c3ccccc3)S[C@@H]3CS(=O)(=O)C[C@H]32)c(C)c1. The summed E-state index contributed by atoms with van der Waals surface area (Å²) in [4.78, 5) is 21.4. The molecule has 2 heterocycles. The summed E-state index contributed by atoms with van der Waals surface area (Å²) in [5.74, 6) is -0.109. The van der Waals surface area contributed by atoms with Gasteiger partial charge in [-0.05, 0) is 56.7 Å². The van der Waals surface area contributed by atoms with Crippen LogP contribution in [-0.2, 0) is 9.84 Å². The van der Waals surface area contributed by atoms with Crippen LogP contribution in [0.5, 0.6) is 0 Å². The molecule has 31 heavy (non-hydrogen) atoms. The predicted octanol–water partition coefficient (Wildman–Crippen LogP) is 3.76. The molecule has 0 saturated carbocycles. The number of hydrogen-bond acceptors (Lipinski definition) is 5. The molecule has 2 saturated heterocycles. The van der Waals surface area contributed by atoms with E-state index in [-0.39, 0.29) is 28.7 Å². The van der Waals surface area contributed by atoms with Crippen LogP contribution in [0.25, 0.3) is 0 Å². The number of hydrogen-bond donors (Lipinski definition) is 0. The fraction of sp³-hybridized carbons (Fsp3) is 0.391. The lowest BCUT2D eigenvalue weighted by molar-refractivity contribution is 0.100. The zero-order valence-electron chi connectivity index (χ0n) is 18.0. The molecule has 0 aromatic heterocycles. The van der Waals surface area contributed by atoms with Gasteiger partial charge in [0.1, 0.15) is 0 Å². The summed E-state index contributed by atoms with van der Waals surface area (Å²) < 4.78 is 24.6. The average Bonchev–Trinajstić information content (AvgIpc) is 3.21. The van der Waals surface area contributed by atoms with E-state index in [1.807, 2.05) is 36.1 Å². The zero-order valence-corrected chi connectivity index (χ0v) is 19.6. The number of aliphatic imine (C=N–C) groups is 1. The van der Waals surface area contributed by atoms with Crippen molar-refractivity contribution in [2.75, 3.05) is 34.4 Å². The number of benzene rings is 2. The minimum atomic E-state index is -3.10. The van der Waals surface area contributed by atoms with Crippen LogP contribution < -0.4 is 9.80 Å². The van der Waals surface area contributed by atoms with E-state index < -0.39 is 9.84 Å². The van der Waals surface area contributed by atoms with E-state index in [1.54, 1.807) is 12.1 Å². The fourth-order valence-corrected chi connectivity index (χ4v) is 8.18. The first kappa shape index (κ1) is 21.9. The van der Waals surface area contributed by atoms with Gasteiger partial charge in [0.25, 0.3) is 5.91 Å². The first-order chi connectivity index (χ1) is 14.8. The van der Waals surface area contributed by atoms with Crippen molar-refractivity contribution in [2.24, 2.45) is 4.99 Å². The highest BCUT2D eigenvalue weighted by Crippen LogP contribution is 2.42. The van der Waals surface area contributed by atoms with Crippen LogP contribution in [0.4, 0.5) is 11.4 Å².